The average Bonchev–Trinajstić information content (AvgIpc) is 3.24. The monoisotopic (exact) mass is 300 g/mol. The molecule has 0 unspecified atom stereocenters. The minimum atomic E-state index is -1.32. The summed E-state index contributed by atoms with van der Waals surface area (Å²) in [5, 5.41) is 11.0. The van der Waals surface area contributed by atoms with E-state index in [0.29, 0.717) is 18.9 Å². The number of nitrogens with zero attached hydrogens (tertiary/aromatic N) is 2. The van der Waals surface area contributed by atoms with Crippen molar-refractivity contribution in [2.75, 3.05) is 18.1 Å². The number of hydrogen-bond donors (Lipinski definition) is 0. The molecule has 1 aliphatic rings. The molecule has 6 nitrogen and oxygen atoms in total. The molecule has 2 rings (SSSR count). The van der Waals surface area contributed by atoms with Crippen LogP contribution in [0, 0.1) is 21.7 Å². The van der Waals surface area contributed by atoms with Gasteiger partial charge < -0.3 is 9.64 Å². The number of anilines is 1. The van der Waals surface area contributed by atoms with Crippen molar-refractivity contribution in [3.05, 3.63) is 33.9 Å². The Morgan fingerprint density at radius 3 is 2.67 bits per heavy atom. The lowest BCUT2D eigenvalue weighted by molar-refractivity contribution is -0.384. The highest BCUT2D eigenvalue weighted by atomic mass is 19.2. The second-order valence-corrected chi connectivity index (χ2v) is 4.65. The van der Waals surface area contributed by atoms with Crippen molar-refractivity contribution in [1.82, 2.24) is 0 Å². The first-order chi connectivity index (χ1) is 9.95. The number of ether oxygens (including phenoxy) is 1. The molecule has 8 heteroatoms. The van der Waals surface area contributed by atoms with Crippen molar-refractivity contribution < 1.29 is 23.2 Å². The Balaban J connectivity index is 2.42. The molecule has 0 aliphatic heterocycles. The van der Waals surface area contributed by atoms with Gasteiger partial charge in [-0.3, -0.25) is 14.9 Å². The Bertz CT molecular complexity index is 576. The van der Waals surface area contributed by atoms with Crippen LogP contribution in [0.25, 0.3) is 0 Å². The van der Waals surface area contributed by atoms with E-state index in [1.165, 1.54) is 4.90 Å². The molecule has 0 amide bonds. The molecule has 1 aromatic carbocycles. The normalized spacial score (nSPS) is 13.9. The second kappa shape index (κ2) is 6.02. The summed E-state index contributed by atoms with van der Waals surface area (Å²) in [5.41, 5.74) is -1.05. The van der Waals surface area contributed by atoms with Crippen molar-refractivity contribution in [1.29, 1.82) is 0 Å². The van der Waals surface area contributed by atoms with Gasteiger partial charge in [0.1, 0.15) is 6.54 Å². The molecule has 0 spiro atoms. The van der Waals surface area contributed by atoms with Crippen molar-refractivity contribution in [2.24, 2.45) is 0 Å². The molecule has 0 radical (unpaired) electrons. The maximum Gasteiger partial charge on any atom is 0.325 e. The van der Waals surface area contributed by atoms with Gasteiger partial charge >= 0.3 is 5.97 Å². The van der Waals surface area contributed by atoms with Crippen LogP contribution in [0.4, 0.5) is 20.2 Å². The summed E-state index contributed by atoms with van der Waals surface area (Å²) in [6.45, 7) is 1.41. The number of carbonyl (C=O) groups is 1. The third-order valence-corrected chi connectivity index (χ3v) is 3.12. The van der Waals surface area contributed by atoms with E-state index in [0.717, 1.165) is 6.07 Å². The van der Waals surface area contributed by atoms with Crippen molar-refractivity contribution >= 4 is 17.3 Å². The van der Waals surface area contributed by atoms with Gasteiger partial charge in [-0.05, 0) is 25.8 Å². The minimum Gasteiger partial charge on any atom is -0.465 e. The molecule has 0 saturated heterocycles. The van der Waals surface area contributed by atoms with Crippen molar-refractivity contribution in [2.45, 2.75) is 25.8 Å². The number of nitro groups is 1. The van der Waals surface area contributed by atoms with Crippen LogP contribution in [0.3, 0.4) is 0 Å². The predicted molar refractivity (Wildman–Crippen MR) is 70.0 cm³/mol. The smallest absolute Gasteiger partial charge is 0.325 e. The van der Waals surface area contributed by atoms with E-state index in [1.807, 2.05) is 0 Å². The Kier molecular flexibility index (Phi) is 4.35. The zero-order chi connectivity index (χ0) is 15.6. The topological polar surface area (TPSA) is 72.7 Å². The lowest BCUT2D eigenvalue weighted by Gasteiger charge is -2.23. The second-order valence-electron chi connectivity index (χ2n) is 4.65. The molecule has 0 N–H and O–H groups in total. The van der Waals surface area contributed by atoms with E-state index >= 15 is 0 Å². The number of esters is 1. The lowest BCUT2D eigenvalue weighted by Crippen LogP contribution is -2.34. The molecular weight excluding hydrogens is 286 g/mol. The molecule has 1 saturated carbocycles. The minimum absolute atomic E-state index is 0.144. The number of hydrogen-bond acceptors (Lipinski definition) is 5. The highest BCUT2D eigenvalue weighted by Crippen LogP contribution is 2.39. The predicted octanol–water partition coefficient (Wildman–Crippen LogP) is 2.40. The molecule has 0 aromatic heterocycles. The summed E-state index contributed by atoms with van der Waals surface area (Å²) >= 11 is 0. The van der Waals surface area contributed by atoms with E-state index in [1.54, 1.807) is 6.92 Å². The first-order valence-corrected chi connectivity index (χ1v) is 6.50. The zero-order valence-corrected chi connectivity index (χ0v) is 11.3. The molecule has 1 aliphatic carbocycles. The summed E-state index contributed by atoms with van der Waals surface area (Å²) in [4.78, 5) is 23.0. The average molecular weight is 300 g/mol. The van der Waals surface area contributed by atoms with Gasteiger partial charge in [0, 0.05) is 12.1 Å². The number of benzene rings is 1. The quantitative estimate of drug-likeness (QED) is 0.458. The summed E-state index contributed by atoms with van der Waals surface area (Å²) in [7, 11) is 0. The van der Waals surface area contributed by atoms with Crippen molar-refractivity contribution in [3.63, 3.8) is 0 Å². The van der Waals surface area contributed by atoms with E-state index < -0.39 is 33.9 Å². The van der Waals surface area contributed by atoms with E-state index in [4.69, 9.17) is 4.74 Å². The number of halogens is 2. The van der Waals surface area contributed by atoms with Gasteiger partial charge in [0.25, 0.3) is 5.69 Å². The van der Waals surface area contributed by atoms with Gasteiger partial charge in [0.05, 0.1) is 11.5 Å². The molecule has 0 heterocycles. The molecular formula is C13H14F2N2O4. The van der Waals surface area contributed by atoms with Crippen LogP contribution in [0.15, 0.2) is 12.1 Å². The summed E-state index contributed by atoms with van der Waals surface area (Å²) in [5.74, 6) is -3.15. The fourth-order valence-electron chi connectivity index (χ4n) is 2.07. The van der Waals surface area contributed by atoms with Crippen LogP contribution < -0.4 is 4.90 Å². The van der Waals surface area contributed by atoms with Crippen LogP contribution in [-0.4, -0.2) is 30.1 Å². The third-order valence-electron chi connectivity index (χ3n) is 3.12. The standard InChI is InChI=1S/C13H14F2N2O4/c1-2-21-11(18)7-16(8-3-4-8)13-10(17(19)20)6-5-9(14)12(13)15/h5-6,8H,2-4,7H2,1H3. The SMILES string of the molecule is CCOC(=O)CN(c1c([N+](=O)[O-])ccc(F)c1F)C1CC1. The Hall–Kier alpha value is -2.25. The molecule has 1 fully saturated rings. The fraction of sp³-hybridized carbons (Fsp3) is 0.462. The lowest BCUT2D eigenvalue weighted by atomic mass is 10.2. The highest BCUT2D eigenvalue weighted by molar-refractivity contribution is 5.78. The fourth-order valence-corrected chi connectivity index (χ4v) is 2.07. The summed E-state index contributed by atoms with van der Waals surface area (Å²) in [6.07, 6.45) is 1.32. The van der Waals surface area contributed by atoms with Crippen LogP contribution in [0.1, 0.15) is 19.8 Å². The van der Waals surface area contributed by atoms with Crippen molar-refractivity contribution in [3.8, 4) is 0 Å². The van der Waals surface area contributed by atoms with Gasteiger partial charge in [-0.15, -0.1) is 0 Å². The van der Waals surface area contributed by atoms with Gasteiger partial charge in [0.2, 0.25) is 0 Å². The summed E-state index contributed by atoms with van der Waals surface area (Å²) < 4.78 is 32.2. The van der Waals surface area contributed by atoms with Crippen LogP contribution >= 0.6 is 0 Å². The molecule has 0 bridgehead atoms. The summed E-state index contributed by atoms with van der Waals surface area (Å²) in [6, 6.07) is 1.38. The number of carbonyl (C=O) groups excluding carboxylic acids is 1. The highest BCUT2D eigenvalue weighted by Gasteiger charge is 2.37. The largest absolute Gasteiger partial charge is 0.465 e. The van der Waals surface area contributed by atoms with Gasteiger partial charge in [-0.25, -0.2) is 8.78 Å². The zero-order valence-electron chi connectivity index (χ0n) is 11.3. The first kappa shape index (κ1) is 15.1. The molecule has 114 valence electrons. The maximum absolute atomic E-state index is 14.0. The van der Waals surface area contributed by atoms with Gasteiger partial charge in [0.15, 0.2) is 17.3 Å². The number of rotatable bonds is 6. The number of nitro benzene ring substituents is 1. The molecule has 0 atom stereocenters. The molecule has 21 heavy (non-hydrogen) atoms. The van der Waals surface area contributed by atoms with Gasteiger partial charge in [-0.1, -0.05) is 0 Å². The Morgan fingerprint density at radius 2 is 2.14 bits per heavy atom. The first-order valence-electron chi connectivity index (χ1n) is 6.50. The van der Waals surface area contributed by atoms with E-state index in [2.05, 4.69) is 0 Å². The Morgan fingerprint density at radius 1 is 1.48 bits per heavy atom. The van der Waals surface area contributed by atoms with E-state index in [-0.39, 0.29) is 19.2 Å². The van der Waals surface area contributed by atoms with Crippen LogP contribution in [-0.2, 0) is 9.53 Å². The maximum atomic E-state index is 14.0. The Labute approximate surface area is 119 Å². The van der Waals surface area contributed by atoms with Crippen LogP contribution in [0.2, 0.25) is 0 Å². The van der Waals surface area contributed by atoms with Crippen LogP contribution in [0.5, 0.6) is 0 Å². The van der Waals surface area contributed by atoms with E-state index in [9.17, 15) is 23.7 Å². The molecule has 1 aromatic rings. The third kappa shape index (κ3) is 3.26. The van der Waals surface area contributed by atoms with Gasteiger partial charge in [-0.2, -0.15) is 0 Å².